The normalized spacial score (nSPS) is 38.6. The van der Waals surface area contributed by atoms with Crippen LogP contribution >= 0.6 is 0 Å². The molecule has 2 fully saturated rings. The van der Waals surface area contributed by atoms with Crippen LogP contribution in [-0.2, 0) is 19.1 Å². The van der Waals surface area contributed by atoms with E-state index in [-0.39, 0.29) is 34.0 Å². The molecular formula is C31H44O5. The summed E-state index contributed by atoms with van der Waals surface area (Å²) in [6.07, 6.45) is 11.9. The molecule has 0 aromatic heterocycles. The summed E-state index contributed by atoms with van der Waals surface area (Å²) in [5.74, 6) is 0.184. The topological polar surface area (TPSA) is 80.7 Å². The molecule has 198 valence electrons. The Morgan fingerprint density at radius 2 is 1.89 bits per heavy atom. The highest BCUT2D eigenvalue weighted by Gasteiger charge is 2.68. The average molecular weight is 497 g/mol. The minimum Gasteiger partial charge on any atom is -0.478 e. The van der Waals surface area contributed by atoms with Gasteiger partial charge >= 0.3 is 5.97 Å². The SMILES string of the molecule is CO[C@@]12CC[C@H]3C(C)(C)C(=O)CC[C@]3(C)C1=CC1=C(C=O)[C@@H]([C@H](C)CC/C=C(\C)C(=O)O)CC[C@]12C. The van der Waals surface area contributed by atoms with Gasteiger partial charge < -0.3 is 9.84 Å². The largest absolute Gasteiger partial charge is 0.478 e. The predicted octanol–water partition coefficient (Wildman–Crippen LogP) is 6.48. The smallest absolute Gasteiger partial charge is 0.330 e. The third-order valence-corrected chi connectivity index (χ3v) is 11.1. The Morgan fingerprint density at radius 1 is 1.19 bits per heavy atom. The summed E-state index contributed by atoms with van der Waals surface area (Å²) in [6.45, 7) is 12.7. The lowest BCUT2D eigenvalue weighted by atomic mass is 9.45. The number of carboxylic acids is 1. The molecule has 0 amide bonds. The second-order valence-corrected chi connectivity index (χ2v) is 13.0. The van der Waals surface area contributed by atoms with Crippen LogP contribution in [0.15, 0.2) is 34.4 Å². The lowest BCUT2D eigenvalue weighted by Crippen LogP contribution is -2.60. The number of hydrogen-bond acceptors (Lipinski definition) is 4. The predicted molar refractivity (Wildman–Crippen MR) is 140 cm³/mol. The Hall–Kier alpha value is -2.01. The van der Waals surface area contributed by atoms with E-state index in [1.54, 1.807) is 13.0 Å². The van der Waals surface area contributed by atoms with Gasteiger partial charge in [-0.25, -0.2) is 4.79 Å². The van der Waals surface area contributed by atoms with Crippen molar-refractivity contribution in [2.45, 2.75) is 98.5 Å². The number of carbonyl (C=O) groups is 3. The zero-order chi connectivity index (χ0) is 26.7. The number of allylic oxidation sites excluding steroid dienone is 3. The number of ketones is 1. The molecule has 0 bridgehead atoms. The van der Waals surface area contributed by atoms with Crippen molar-refractivity contribution in [1.82, 2.24) is 0 Å². The number of fused-ring (bicyclic) bond motifs is 5. The molecule has 0 unspecified atom stereocenters. The van der Waals surface area contributed by atoms with E-state index in [2.05, 4.69) is 40.7 Å². The number of rotatable bonds is 7. The molecule has 0 radical (unpaired) electrons. The van der Waals surface area contributed by atoms with Gasteiger partial charge in [0.1, 0.15) is 12.1 Å². The first-order valence-electron chi connectivity index (χ1n) is 13.7. The van der Waals surface area contributed by atoms with E-state index in [1.807, 2.05) is 7.11 Å². The molecule has 0 saturated heterocycles. The van der Waals surface area contributed by atoms with Gasteiger partial charge in [-0.15, -0.1) is 0 Å². The minimum atomic E-state index is -0.878. The molecule has 0 aromatic carbocycles. The van der Waals surface area contributed by atoms with E-state index in [4.69, 9.17) is 9.84 Å². The van der Waals surface area contributed by atoms with Crippen molar-refractivity contribution in [2.75, 3.05) is 7.11 Å². The van der Waals surface area contributed by atoms with Gasteiger partial charge in [-0.2, -0.15) is 0 Å². The Kier molecular flexibility index (Phi) is 6.82. The number of carbonyl (C=O) groups excluding carboxylic acids is 2. The van der Waals surface area contributed by atoms with Gasteiger partial charge in [0.2, 0.25) is 0 Å². The van der Waals surface area contributed by atoms with Crippen molar-refractivity contribution in [2.24, 2.45) is 34.0 Å². The molecule has 36 heavy (non-hydrogen) atoms. The molecule has 4 rings (SSSR count). The van der Waals surface area contributed by atoms with Gasteiger partial charge in [-0.3, -0.25) is 9.59 Å². The van der Waals surface area contributed by atoms with Gasteiger partial charge in [0.25, 0.3) is 0 Å². The maximum atomic E-state index is 12.9. The summed E-state index contributed by atoms with van der Waals surface area (Å²) in [7, 11) is 1.83. The highest BCUT2D eigenvalue weighted by molar-refractivity contribution is 5.86. The van der Waals surface area contributed by atoms with Crippen molar-refractivity contribution < 1.29 is 24.2 Å². The number of carboxylic acid groups (broad SMARTS) is 1. The third-order valence-electron chi connectivity index (χ3n) is 11.1. The number of hydrogen-bond donors (Lipinski definition) is 1. The molecule has 0 aromatic rings. The zero-order valence-corrected chi connectivity index (χ0v) is 23.2. The summed E-state index contributed by atoms with van der Waals surface area (Å²) in [6, 6.07) is 0. The Balaban J connectivity index is 1.75. The van der Waals surface area contributed by atoms with Crippen molar-refractivity contribution in [3.05, 3.63) is 34.4 Å². The second-order valence-electron chi connectivity index (χ2n) is 13.0. The van der Waals surface area contributed by atoms with Crippen molar-refractivity contribution >= 4 is 18.0 Å². The fraction of sp³-hybridized carbons (Fsp3) is 0.710. The fourth-order valence-electron chi connectivity index (χ4n) is 8.75. The van der Waals surface area contributed by atoms with E-state index < -0.39 is 11.6 Å². The average Bonchev–Trinajstić information content (AvgIpc) is 3.11. The molecule has 5 heteroatoms. The number of Topliss-reactive ketones (excluding diaryl/α,β-unsaturated/α-hetero) is 1. The molecule has 1 N–H and O–H groups in total. The van der Waals surface area contributed by atoms with Crippen LogP contribution in [0.4, 0.5) is 0 Å². The van der Waals surface area contributed by atoms with E-state index in [0.717, 1.165) is 56.0 Å². The van der Waals surface area contributed by atoms with Gasteiger partial charge in [-0.05, 0) is 91.8 Å². The maximum Gasteiger partial charge on any atom is 0.330 e. The highest BCUT2D eigenvalue weighted by atomic mass is 16.5. The number of methoxy groups -OCH3 is 1. The summed E-state index contributed by atoms with van der Waals surface area (Å²) >= 11 is 0. The first-order valence-corrected chi connectivity index (χ1v) is 13.7. The summed E-state index contributed by atoms with van der Waals surface area (Å²) in [5, 5.41) is 9.15. The van der Waals surface area contributed by atoms with Crippen LogP contribution in [-0.4, -0.2) is 35.9 Å². The quantitative estimate of drug-likeness (QED) is 0.322. The molecule has 5 nitrogen and oxygen atoms in total. The second kappa shape index (κ2) is 9.08. The molecule has 0 aliphatic heterocycles. The molecular weight excluding hydrogens is 452 g/mol. The van der Waals surface area contributed by atoms with E-state index in [0.29, 0.717) is 24.2 Å². The van der Waals surface area contributed by atoms with Crippen LogP contribution in [0.1, 0.15) is 92.9 Å². The minimum absolute atomic E-state index is 0.132. The maximum absolute atomic E-state index is 12.9. The fourth-order valence-corrected chi connectivity index (χ4v) is 8.75. The molecule has 2 saturated carbocycles. The molecule has 4 aliphatic carbocycles. The molecule has 6 atom stereocenters. The van der Waals surface area contributed by atoms with E-state index in [1.165, 1.54) is 5.57 Å². The van der Waals surface area contributed by atoms with Crippen LogP contribution in [0.25, 0.3) is 0 Å². The van der Waals surface area contributed by atoms with Gasteiger partial charge in [0.05, 0.1) is 5.60 Å². The number of aldehydes is 1. The van der Waals surface area contributed by atoms with E-state index in [9.17, 15) is 14.4 Å². The van der Waals surface area contributed by atoms with Crippen molar-refractivity contribution in [1.29, 1.82) is 0 Å². The van der Waals surface area contributed by atoms with Crippen LogP contribution < -0.4 is 0 Å². The lowest BCUT2D eigenvalue weighted by Gasteiger charge is -2.61. The van der Waals surface area contributed by atoms with Crippen molar-refractivity contribution in [3.63, 3.8) is 0 Å². The van der Waals surface area contributed by atoms with E-state index >= 15 is 0 Å². The number of ether oxygens (including phenoxy) is 1. The molecule has 0 heterocycles. The number of aliphatic carboxylic acids is 1. The van der Waals surface area contributed by atoms with Crippen LogP contribution in [0.5, 0.6) is 0 Å². The zero-order valence-electron chi connectivity index (χ0n) is 23.2. The lowest BCUT2D eigenvalue weighted by molar-refractivity contribution is -0.152. The van der Waals surface area contributed by atoms with Gasteiger partial charge in [0.15, 0.2) is 0 Å². The van der Waals surface area contributed by atoms with Gasteiger partial charge in [0, 0.05) is 29.9 Å². The standard InChI is InChI=1S/C31H44O5/c1-19(9-8-10-20(2)27(34)35)21-11-15-30(6)23(22(21)18-32)17-25-29(5)14-13-26(33)28(3,4)24(29)12-16-31(25,30)36-7/h10,17-19,21,24H,8-9,11-16H2,1-7H3,(H,34,35)/b20-10+/t19-,21-,24+,29+,30-,31+/m1/s1. The third kappa shape index (κ3) is 3.63. The molecule has 0 spiro atoms. The summed E-state index contributed by atoms with van der Waals surface area (Å²) in [5.41, 5.74) is 2.54. The Labute approximate surface area is 216 Å². The highest BCUT2D eigenvalue weighted by Crippen LogP contribution is 2.71. The van der Waals surface area contributed by atoms with Crippen molar-refractivity contribution in [3.8, 4) is 0 Å². The van der Waals surface area contributed by atoms with Crippen LogP contribution in [0.2, 0.25) is 0 Å². The van der Waals surface area contributed by atoms with Gasteiger partial charge in [-0.1, -0.05) is 46.8 Å². The van der Waals surface area contributed by atoms with Crippen LogP contribution in [0, 0.1) is 34.0 Å². The first kappa shape index (κ1) is 27.0. The monoisotopic (exact) mass is 496 g/mol. The first-order chi connectivity index (χ1) is 16.8. The summed E-state index contributed by atoms with van der Waals surface area (Å²) < 4.78 is 6.52. The Bertz CT molecular complexity index is 1060. The Morgan fingerprint density at radius 3 is 2.50 bits per heavy atom. The summed E-state index contributed by atoms with van der Waals surface area (Å²) in [4.78, 5) is 36.7. The van der Waals surface area contributed by atoms with Crippen LogP contribution in [0.3, 0.4) is 0 Å². The molecule has 4 aliphatic rings.